The van der Waals surface area contributed by atoms with Gasteiger partial charge < -0.3 is 29.2 Å². The zero-order valence-electron chi connectivity index (χ0n) is 21.7. The van der Waals surface area contributed by atoms with Crippen LogP contribution in [0.25, 0.3) is 0 Å². The van der Waals surface area contributed by atoms with E-state index in [0.717, 1.165) is 13.8 Å². The van der Waals surface area contributed by atoms with Crippen LogP contribution < -0.4 is 0 Å². The van der Waals surface area contributed by atoms with Gasteiger partial charge in [-0.1, -0.05) is 25.7 Å². The average Bonchev–Trinajstić information content (AvgIpc) is 3.05. The maximum absolute atomic E-state index is 12.8. The second kappa shape index (κ2) is 10.6. The van der Waals surface area contributed by atoms with Crippen molar-refractivity contribution < 1.29 is 48.3 Å². The lowest BCUT2D eigenvalue weighted by atomic mass is 9.54. The monoisotopic (exact) mass is 574 g/mol. The van der Waals surface area contributed by atoms with Gasteiger partial charge >= 0.3 is 23.9 Å². The van der Waals surface area contributed by atoms with Crippen LogP contribution >= 0.6 is 23.2 Å². The number of fused-ring (bicyclic) bond motifs is 2. The number of esters is 4. The van der Waals surface area contributed by atoms with Gasteiger partial charge in [-0.25, -0.2) is 0 Å². The summed E-state index contributed by atoms with van der Waals surface area (Å²) in [5.41, 5.74) is -5.80. The third kappa shape index (κ3) is 4.87. The SMILES string of the molecule is C=C1/C=C\[C@H](OC(C)=O)[C@@]2(C)C=C[C@@H](OC(C)=O)[C@](O)(CCl)[C@@H]2[C@H](OC(C)=O)[C@@]2(O)C(C)C(=O)O[C@H]2[C@H]1Cl. The molecule has 12 heteroatoms. The average molecular weight is 575 g/mol. The van der Waals surface area contributed by atoms with Crippen LogP contribution in [0, 0.1) is 17.3 Å². The molecule has 0 bridgehead atoms. The fourth-order valence-corrected chi connectivity index (χ4v) is 6.38. The van der Waals surface area contributed by atoms with E-state index in [-0.39, 0.29) is 5.57 Å². The fraction of sp³-hybridized carbons (Fsp3) is 0.615. The Bertz CT molecular complexity index is 1090. The van der Waals surface area contributed by atoms with Crippen LogP contribution in [-0.2, 0) is 38.1 Å². The van der Waals surface area contributed by atoms with Crippen LogP contribution in [0.15, 0.2) is 36.5 Å². The van der Waals surface area contributed by atoms with Crippen molar-refractivity contribution in [1.82, 2.24) is 0 Å². The van der Waals surface area contributed by atoms with E-state index in [4.69, 9.17) is 42.1 Å². The van der Waals surface area contributed by atoms with Crippen molar-refractivity contribution in [2.75, 3.05) is 5.88 Å². The van der Waals surface area contributed by atoms with E-state index in [1.807, 2.05) is 0 Å². The number of ether oxygens (including phenoxy) is 4. The number of allylic oxidation sites excluding steroid dienone is 1. The van der Waals surface area contributed by atoms with Crippen molar-refractivity contribution in [2.45, 2.75) is 75.6 Å². The van der Waals surface area contributed by atoms with Crippen LogP contribution in [0.4, 0.5) is 0 Å². The molecule has 0 amide bonds. The van der Waals surface area contributed by atoms with Gasteiger partial charge in [-0.2, -0.15) is 0 Å². The molecule has 10 atom stereocenters. The van der Waals surface area contributed by atoms with Gasteiger partial charge in [0.2, 0.25) is 0 Å². The van der Waals surface area contributed by atoms with Gasteiger partial charge in [0.15, 0.2) is 17.8 Å². The minimum atomic E-state index is -2.33. The molecule has 38 heavy (non-hydrogen) atoms. The molecular weight excluding hydrogens is 543 g/mol. The van der Waals surface area contributed by atoms with Crippen molar-refractivity contribution in [3.05, 3.63) is 36.5 Å². The van der Waals surface area contributed by atoms with Crippen LogP contribution in [0.2, 0.25) is 0 Å². The van der Waals surface area contributed by atoms with Crippen molar-refractivity contribution in [3.8, 4) is 0 Å². The van der Waals surface area contributed by atoms with E-state index in [1.54, 1.807) is 6.92 Å². The Morgan fingerprint density at radius 1 is 1.05 bits per heavy atom. The number of hydrogen-bond acceptors (Lipinski definition) is 10. The Morgan fingerprint density at radius 3 is 2.13 bits per heavy atom. The van der Waals surface area contributed by atoms with Crippen molar-refractivity contribution >= 4 is 47.1 Å². The van der Waals surface area contributed by atoms with E-state index in [9.17, 15) is 29.4 Å². The lowest BCUT2D eigenvalue weighted by Gasteiger charge is -2.57. The summed E-state index contributed by atoms with van der Waals surface area (Å²) >= 11 is 13.0. The van der Waals surface area contributed by atoms with Crippen LogP contribution in [-0.4, -0.2) is 81.0 Å². The topological polar surface area (TPSA) is 146 Å². The van der Waals surface area contributed by atoms with Crippen molar-refractivity contribution in [3.63, 3.8) is 0 Å². The zero-order chi connectivity index (χ0) is 28.8. The number of hydrogen-bond donors (Lipinski definition) is 2. The summed E-state index contributed by atoms with van der Waals surface area (Å²) in [4.78, 5) is 49.5. The second-order valence-corrected chi connectivity index (χ2v) is 11.0. The standard InChI is InChI=1S/C26H32Cl2O10/c1-12-7-8-17(35-14(3)29)24(6)10-9-18(36-15(4)30)25(33,11-27)20(24)22(37-16(5)31)26(34)13(2)23(32)38-21(26)19(12)28/h7-10,13,17-22,33-34H,1,11H2,2-6H3/b8-7-/t13?,17-,18+,19-,20+,21-,22-,24+,25+,26+/m0/s1. The molecule has 3 rings (SSSR count). The number of halogens is 2. The lowest BCUT2D eigenvalue weighted by molar-refractivity contribution is -0.241. The molecule has 0 aromatic heterocycles. The van der Waals surface area contributed by atoms with E-state index in [2.05, 4.69) is 6.58 Å². The molecule has 1 unspecified atom stereocenters. The highest BCUT2D eigenvalue weighted by Gasteiger charge is 2.71. The first-order valence-electron chi connectivity index (χ1n) is 12.0. The van der Waals surface area contributed by atoms with Gasteiger partial charge in [0.05, 0.1) is 17.2 Å². The van der Waals surface area contributed by atoms with Crippen molar-refractivity contribution in [2.24, 2.45) is 17.3 Å². The molecule has 1 aliphatic heterocycles. The van der Waals surface area contributed by atoms with Crippen LogP contribution in [0.1, 0.15) is 34.6 Å². The summed E-state index contributed by atoms with van der Waals surface area (Å²) in [5.74, 6) is -6.44. The fourth-order valence-electron chi connectivity index (χ4n) is 5.74. The maximum atomic E-state index is 12.8. The van der Waals surface area contributed by atoms with Gasteiger partial charge in [0.1, 0.15) is 17.8 Å². The van der Waals surface area contributed by atoms with Gasteiger partial charge in [0.25, 0.3) is 0 Å². The molecule has 0 radical (unpaired) electrons. The Morgan fingerprint density at radius 2 is 1.61 bits per heavy atom. The van der Waals surface area contributed by atoms with E-state index < -0.39 is 88.0 Å². The molecule has 2 N–H and O–H groups in total. The Balaban J connectivity index is 2.45. The molecular formula is C26H32Cl2O10. The Labute approximate surface area is 230 Å². The predicted molar refractivity (Wildman–Crippen MR) is 135 cm³/mol. The number of aliphatic hydroxyl groups is 2. The second-order valence-electron chi connectivity index (χ2n) is 10.2. The quantitative estimate of drug-likeness (QED) is 0.221. The highest BCUT2D eigenvalue weighted by molar-refractivity contribution is 6.23. The number of alkyl halides is 2. The molecule has 3 aliphatic rings. The molecule has 2 aliphatic carbocycles. The predicted octanol–water partition coefficient (Wildman–Crippen LogP) is 1.97. The molecule has 1 fully saturated rings. The first kappa shape index (κ1) is 30.1. The smallest absolute Gasteiger partial charge is 0.312 e. The minimum Gasteiger partial charge on any atom is -0.459 e. The highest BCUT2D eigenvalue weighted by atomic mass is 35.5. The van der Waals surface area contributed by atoms with Crippen LogP contribution in [0.3, 0.4) is 0 Å². The third-order valence-electron chi connectivity index (χ3n) is 7.65. The summed E-state index contributed by atoms with van der Waals surface area (Å²) in [6, 6.07) is 0. The largest absolute Gasteiger partial charge is 0.459 e. The normalized spacial score (nSPS) is 43.2. The van der Waals surface area contributed by atoms with Gasteiger partial charge in [-0.15, -0.1) is 23.2 Å². The summed E-state index contributed by atoms with van der Waals surface area (Å²) in [5, 5.41) is 23.3. The Hall–Kier alpha value is -2.40. The van der Waals surface area contributed by atoms with Gasteiger partial charge in [-0.3, -0.25) is 19.2 Å². The molecule has 0 spiro atoms. The Kier molecular flexibility index (Phi) is 8.44. The summed E-state index contributed by atoms with van der Waals surface area (Å²) < 4.78 is 22.2. The molecule has 10 nitrogen and oxygen atoms in total. The lowest BCUT2D eigenvalue weighted by Crippen LogP contribution is -2.71. The van der Waals surface area contributed by atoms with E-state index >= 15 is 0 Å². The summed E-state index contributed by atoms with van der Waals surface area (Å²) in [7, 11) is 0. The number of rotatable bonds is 4. The first-order valence-corrected chi connectivity index (χ1v) is 12.9. The van der Waals surface area contributed by atoms with Crippen LogP contribution in [0.5, 0.6) is 0 Å². The first-order chi connectivity index (χ1) is 17.5. The van der Waals surface area contributed by atoms with E-state index in [1.165, 1.54) is 38.2 Å². The maximum Gasteiger partial charge on any atom is 0.312 e. The highest BCUT2D eigenvalue weighted by Crippen LogP contribution is 2.55. The third-order valence-corrected chi connectivity index (χ3v) is 8.58. The summed E-state index contributed by atoms with van der Waals surface area (Å²) in [6.07, 6.45) is 0.139. The number of carbonyl (C=O) groups is 4. The summed E-state index contributed by atoms with van der Waals surface area (Å²) in [6.45, 7) is 10.3. The van der Waals surface area contributed by atoms with E-state index in [0.29, 0.717) is 0 Å². The molecule has 0 aromatic rings. The van der Waals surface area contributed by atoms with Gasteiger partial charge in [-0.05, 0) is 24.6 Å². The minimum absolute atomic E-state index is 0.211. The molecule has 0 aromatic carbocycles. The number of carbonyl (C=O) groups excluding carboxylic acids is 4. The van der Waals surface area contributed by atoms with Crippen molar-refractivity contribution in [1.29, 1.82) is 0 Å². The molecule has 0 saturated carbocycles. The molecule has 1 saturated heterocycles. The molecule has 1 heterocycles. The molecule has 210 valence electrons. The zero-order valence-corrected chi connectivity index (χ0v) is 23.2. The van der Waals surface area contributed by atoms with Gasteiger partial charge in [0, 0.05) is 32.1 Å².